The Hall–Kier alpha value is -3.37. The van der Waals surface area contributed by atoms with E-state index in [-0.39, 0.29) is 35.4 Å². The van der Waals surface area contributed by atoms with E-state index in [0.717, 1.165) is 11.1 Å². The van der Waals surface area contributed by atoms with Crippen LogP contribution in [0.3, 0.4) is 0 Å². The number of hydrogen-bond donors (Lipinski definition) is 0. The molecule has 3 aliphatic rings. The number of carbonyl (C=O) groups is 1. The first-order chi connectivity index (χ1) is 19.8. The summed E-state index contributed by atoms with van der Waals surface area (Å²) in [6.45, 7) is 0.728. The largest absolute Gasteiger partial charge is 0.416 e. The summed E-state index contributed by atoms with van der Waals surface area (Å²) in [5.41, 5.74) is -0.978. The van der Waals surface area contributed by atoms with E-state index in [0.29, 0.717) is 31.6 Å². The van der Waals surface area contributed by atoms with Gasteiger partial charge in [-0.3, -0.25) is 9.69 Å². The van der Waals surface area contributed by atoms with E-state index in [4.69, 9.17) is 4.74 Å². The maximum atomic E-state index is 13.6. The van der Waals surface area contributed by atoms with Crippen molar-refractivity contribution in [3.8, 4) is 0 Å². The monoisotopic (exact) mass is 590 g/mol. The molecule has 0 radical (unpaired) electrons. The van der Waals surface area contributed by atoms with Crippen LogP contribution in [0.15, 0.2) is 78.9 Å². The maximum Gasteiger partial charge on any atom is 0.416 e. The number of nitrogens with zero attached hydrogens (tertiary/aromatic N) is 2. The van der Waals surface area contributed by atoms with Crippen molar-refractivity contribution in [2.75, 3.05) is 27.2 Å². The van der Waals surface area contributed by atoms with Crippen molar-refractivity contribution in [1.29, 1.82) is 0 Å². The number of carbonyl (C=O) groups excluding carboxylic acids is 1. The van der Waals surface area contributed by atoms with Crippen LogP contribution in [0.2, 0.25) is 0 Å². The van der Waals surface area contributed by atoms with Crippen LogP contribution < -0.4 is 0 Å². The Labute approximate surface area is 240 Å². The third kappa shape index (κ3) is 6.20. The Morgan fingerprint density at radius 3 is 1.88 bits per heavy atom. The summed E-state index contributed by atoms with van der Waals surface area (Å²) in [6, 6.07) is 20.8. The second-order valence-corrected chi connectivity index (χ2v) is 11.3. The Morgan fingerprint density at radius 1 is 0.881 bits per heavy atom. The molecule has 3 aromatic carbocycles. The van der Waals surface area contributed by atoms with Gasteiger partial charge in [-0.05, 0) is 47.9 Å². The molecule has 3 aromatic rings. The minimum Gasteiger partial charge on any atom is -0.372 e. The molecule has 1 amide bonds. The normalized spacial score (nSPS) is 24.2. The first-order valence-electron chi connectivity index (χ1n) is 13.8. The van der Waals surface area contributed by atoms with Crippen LogP contribution in [-0.2, 0) is 28.5 Å². The fraction of sp³-hybridized carbons (Fsp3) is 0.406. The predicted octanol–water partition coefficient (Wildman–Crippen LogP) is 6.85. The van der Waals surface area contributed by atoms with Crippen molar-refractivity contribution in [1.82, 2.24) is 9.80 Å². The highest BCUT2D eigenvalue weighted by atomic mass is 19.4. The zero-order chi connectivity index (χ0) is 30.2. The summed E-state index contributed by atoms with van der Waals surface area (Å²) in [7, 11) is 3.34. The highest BCUT2D eigenvalue weighted by Crippen LogP contribution is 2.46. The van der Waals surface area contributed by atoms with E-state index in [1.165, 1.54) is 4.90 Å². The molecule has 10 heteroatoms. The van der Waals surface area contributed by atoms with Crippen LogP contribution in [0.4, 0.5) is 26.3 Å². The molecule has 42 heavy (non-hydrogen) atoms. The van der Waals surface area contributed by atoms with Gasteiger partial charge >= 0.3 is 12.4 Å². The quantitative estimate of drug-likeness (QED) is 0.282. The van der Waals surface area contributed by atoms with Crippen molar-refractivity contribution in [2.24, 2.45) is 11.8 Å². The highest BCUT2D eigenvalue weighted by molar-refractivity contribution is 5.79. The van der Waals surface area contributed by atoms with Crippen LogP contribution in [0.25, 0.3) is 0 Å². The van der Waals surface area contributed by atoms with Gasteiger partial charge in [-0.2, -0.15) is 26.3 Å². The molecule has 0 aromatic heterocycles. The zero-order valence-electron chi connectivity index (χ0n) is 23.2. The van der Waals surface area contributed by atoms with E-state index >= 15 is 0 Å². The minimum absolute atomic E-state index is 0.0776. The summed E-state index contributed by atoms with van der Waals surface area (Å²) < 4.78 is 87.7. The molecule has 4 nitrogen and oxygen atoms in total. The lowest BCUT2D eigenvalue weighted by atomic mass is 9.67. The van der Waals surface area contributed by atoms with Gasteiger partial charge in [-0.15, -0.1) is 0 Å². The number of ether oxygens (including phenoxy) is 1. The molecule has 0 aliphatic carbocycles. The number of amides is 1. The van der Waals surface area contributed by atoms with Gasteiger partial charge in [-0.25, -0.2) is 0 Å². The summed E-state index contributed by atoms with van der Waals surface area (Å²) in [5, 5.41) is 0. The molecule has 0 saturated carbocycles. The van der Waals surface area contributed by atoms with Gasteiger partial charge in [0.2, 0.25) is 5.91 Å². The molecular formula is C32H32F6N2O2. The van der Waals surface area contributed by atoms with Gasteiger partial charge in [0.05, 0.1) is 29.8 Å². The average molecular weight is 591 g/mol. The summed E-state index contributed by atoms with van der Waals surface area (Å²) >= 11 is 0. The van der Waals surface area contributed by atoms with Gasteiger partial charge in [-0.1, -0.05) is 60.7 Å². The second kappa shape index (κ2) is 11.7. The van der Waals surface area contributed by atoms with Gasteiger partial charge in [0, 0.05) is 38.5 Å². The maximum absolute atomic E-state index is 13.6. The van der Waals surface area contributed by atoms with Gasteiger partial charge in [0.15, 0.2) is 0 Å². The molecule has 2 bridgehead atoms. The Bertz CT molecular complexity index is 1310. The fourth-order valence-electron chi connectivity index (χ4n) is 6.54. The number of hydrogen-bond acceptors (Lipinski definition) is 3. The molecule has 5 atom stereocenters. The lowest BCUT2D eigenvalue weighted by molar-refractivity contribution is -0.166. The van der Waals surface area contributed by atoms with Gasteiger partial charge in [0.25, 0.3) is 0 Å². The van der Waals surface area contributed by atoms with Crippen LogP contribution in [0.1, 0.15) is 40.2 Å². The van der Waals surface area contributed by atoms with Crippen LogP contribution in [0.5, 0.6) is 0 Å². The predicted molar refractivity (Wildman–Crippen MR) is 145 cm³/mol. The topological polar surface area (TPSA) is 32.8 Å². The van der Waals surface area contributed by atoms with E-state index in [1.54, 1.807) is 14.1 Å². The lowest BCUT2D eigenvalue weighted by Gasteiger charge is -2.56. The number of piperidine rings is 3. The number of benzene rings is 3. The van der Waals surface area contributed by atoms with Gasteiger partial charge < -0.3 is 9.64 Å². The Morgan fingerprint density at radius 2 is 1.40 bits per heavy atom. The molecule has 3 fully saturated rings. The molecule has 3 heterocycles. The summed E-state index contributed by atoms with van der Waals surface area (Å²) in [4.78, 5) is 17.0. The number of fused-ring (bicyclic) bond motifs is 3. The Balaban J connectivity index is 1.56. The number of alkyl halides is 6. The molecule has 1 unspecified atom stereocenters. The van der Waals surface area contributed by atoms with E-state index in [9.17, 15) is 31.1 Å². The molecular weight excluding hydrogens is 558 g/mol. The van der Waals surface area contributed by atoms with E-state index in [1.807, 2.05) is 60.7 Å². The third-order valence-corrected chi connectivity index (χ3v) is 8.38. The van der Waals surface area contributed by atoms with Crippen molar-refractivity contribution in [3.05, 3.63) is 107 Å². The average Bonchev–Trinajstić information content (AvgIpc) is 2.96. The highest BCUT2D eigenvalue weighted by Gasteiger charge is 2.53. The van der Waals surface area contributed by atoms with Crippen molar-refractivity contribution in [2.45, 2.75) is 43.4 Å². The first kappa shape index (κ1) is 30.1. The molecule has 6 rings (SSSR count). The van der Waals surface area contributed by atoms with Gasteiger partial charge in [0.1, 0.15) is 0 Å². The minimum atomic E-state index is -4.96. The Kier molecular flexibility index (Phi) is 8.40. The van der Waals surface area contributed by atoms with Crippen LogP contribution in [-0.4, -0.2) is 55.0 Å². The lowest BCUT2D eigenvalue weighted by Crippen LogP contribution is -2.66. The summed E-state index contributed by atoms with van der Waals surface area (Å²) in [6.07, 6.45) is -9.92. The van der Waals surface area contributed by atoms with Crippen molar-refractivity contribution >= 4 is 5.91 Å². The van der Waals surface area contributed by atoms with Crippen molar-refractivity contribution in [3.63, 3.8) is 0 Å². The molecule has 0 N–H and O–H groups in total. The smallest absolute Gasteiger partial charge is 0.372 e. The number of halogens is 6. The second-order valence-electron chi connectivity index (χ2n) is 11.3. The fourth-order valence-corrected chi connectivity index (χ4v) is 6.54. The molecule has 3 saturated heterocycles. The SMILES string of the molecule is CN(C)C(=O)[C@H]1CN2CC[C@@H]1[C@H](OCc1cc(C(F)(F)F)cc(C(F)(F)F)c1)[C@@H]2C(c1ccccc1)c1ccccc1. The number of rotatable bonds is 7. The van der Waals surface area contributed by atoms with E-state index < -0.39 is 42.1 Å². The molecule has 3 aliphatic heterocycles. The zero-order valence-corrected chi connectivity index (χ0v) is 23.2. The molecule has 0 spiro atoms. The van der Waals surface area contributed by atoms with Crippen molar-refractivity contribution < 1.29 is 35.9 Å². The standard InChI is InChI=1S/C32H32F6N2O2/c1-39(2)30(41)26-18-40-14-13-25(26)29(28(40)27(21-9-5-3-6-10-21)22-11-7-4-8-12-22)42-19-20-15-23(31(33,34)35)17-24(16-20)32(36,37)38/h3-12,15-17,25-29H,13-14,18-19H2,1-2H3/t25-,26-,28-,29-/m0/s1. The van der Waals surface area contributed by atoms with E-state index in [2.05, 4.69) is 4.90 Å². The first-order valence-corrected chi connectivity index (χ1v) is 13.8. The molecule has 224 valence electrons. The van der Waals surface area contributed by atoms with Crippen LogP contribution in [0, 0.1) is 11.8 Å². The third-order valence-electron chi connectivity index (χ3n) is 8.38. The summed E-state index contributed by atoms with van der Waals surface area (Å²) in [5.74, 6) is -0.957. The van der Waals surface area contributed by atoms with Crippen LogP contribution >= 0.6 is 0 Å².